The Morgan fingerprint density at radius 3 is 2.57 bits per heavy atom. The van der Waals surface area contributed by atoms with Gasteiger partial charge in [0.2, 0.25) is 0 Å². The molecule has 0 aromatic rings. The average molecular weight is 197 g/mol. The smallest absolute Gasteiger partial charge is 0.0500 e. The van der Waals surface area contributed by atoms with Gasteiger partial charge in [-0.1, -0.05) is 20.8 Å². The van der Waals surface area contributed by atoms with Crippen LogP contribution in [0.2, 0.25) is 0 Å². The second-order valence-electron chi connectivity index (χ2n) is 6.25. The van der Waals surface area contributed by atoms with Gasteiger partial charge in [0, 0.05) is 25.1 Å². The Balaban J connectivity index is 2.00. The molecule has 2 heteroatoms. The van der Waals surface area contributed by atoms with Gasteiger partial charge in [-0.2, -0.15) is 0 Å². The van der Waals surface area contributed by atoms with Crippen LogP contribution in [0, 0.1) is 16.7 Å². The summed E-state index contributed by atoms with van der Waals surface area (Å²) < 4.78 is 5.63. The second kappa shape index (κ2) is 3.49. The molecule has 2 rings (SSSR count). The standard InChI is InChI=1S/C12H23NO/c1-11(2,3)6-10-7-14-5-4-12(10)8-13-9-12/h10,13H,4-9H2,1-3H3. The molecule has 82 valence electrons. The molecule has 0 bridgehead atoms. The van der Waals surface area contributed by atoms with Crippen LogP contribution in [-0.2, 0) is 4.74 Å². The number of rotatable bonds is 1. The molecule has 2 nitrogen and oxygen atoms in total. The van der Waals surface area contributed by atoms with Crippen molar-refractivity contribution in [3.05, 3.63) is 0 Å². The summed E-state index contributed by atoms with van der Waals surface area (Å²) >= 11 is 0. The van der Waals surface area contributed by atoms with Gasteiger partial charge in [-0.3, -0.25) is 0 Å². The zero-order valence-corrected chi connectivity index (χ0v) is 9.73. The zero-order chi connectivity index (χ0) is 10.2. The molecule has 0 radical (unpaired) electrons. The summed E-state index contributed by atoms with van der Waals surface area (Å²) in [6.07, 6.45) is 2.56. The SMILES string of the molecule is CC(C)(C)CC1COCCC12CNC2. The lowest BCUT2D eigenvalue weighted by Crippen LogP contribution is -2.61. The van der Waals surface area contributed by atoms with Crippen molar-refractivity contribution >= 4 is 0 Å². The number of nitrogens with one attached hydrogen (secondary N) is 1. The van der Waals surface area contributed by atoms with Crippen molar-refractivity contribution in [3.63, 3.8) is 0 Å². The summed E-state index contributed by atoms with van der Waals surface area (Å²) in [6, 6.07) is 0. The van der Waals surface area contributed by atoms with Gasteiger partial charge in [-0.15, -0.1) is 0 Å². The van der Waals surface area contributed by atoms with E-state index >= 15 is 0 Å². The Morgan fingerprint density at radius 2 is 2.07 bits per heavy atom. The Bertz CT molecular complexity index is 203. The summed E-state index contributed by atoms with van der Waals surface area (Å²) in [5, 5.41) is 3.43. The molecule has 1 N–H and O–H groups in total. The molecule has 0 saturated carbocycles. The fourth-order valence-electron chi connectivity index (χ4n) is 2.81. The maximum Gasteiger partial charge on any atom is 0.0500 e. The lowest BCUT2D eigenvalue weighted by atomic mass is 9.63. The highest BCUT2D eigenvalue weighted by molar-refractivity contribution is 4.99. The first-order valence-electron chi connectivity index (χ1n) is 5.80. The van der Waals surface area contributed by atoms with Crippen LogP contribution in [0.25, 0.3) is 0 Å². The molecule has 0 aromatic carbocycles. The molecule has 2 fully saturated rings. The van der Waals surface area contributed by atoms with Crippen LogP contribution in [-0.4, -0.2) is 26.3 Å². The number of hydrogen-bond donors (Lipinski definition) is 1. The lowest BCUT2D eigenvalue weighted by Gasteiger charge is -2.52. The van der Waals surface area contributed by atoms with E-state index in [1.165, 1.54) is 25.9 Å². The molecule has 2 heterocycles. The van der Waals surface area contributed by atoms with E-state index in [4.69, 9.17) is 4.74 Å². The van der Waals surface area contributed by atoms with Gasteiger partial charge in [0.15, 0.2) is 0 Å². The fourth-order valence-corrected chi connectivity index (χ4v) is 2.81. The van der Waals surface area contributed by atoms with E-state index in [0.717, 1.165) is 19.1 Å². The normalized spacial score (nSPS) is 31.5. The molecule has 2 aliphatic heterocycles. The highest BCUT2D eigenvalue weighted by Gasteiger charge is 2.46. The Morgan fingerprint density at radius 1 is 1.36 bits per heavy atom. The molecule has 0 amide bonds. The van der Waals surface area contributed by atoms with Crippen molar-refractivity contribution < 1.29 is 4.74 Å². The van der Waals surface area contributed by atoms with Gasteiger partial charge < -0.3 is 10.1 Å². The van der Waals surface area contributed by atoms with E-state index in [-0.39, 0.29) is 0 Å². The van der Waals surface area contributed by atoms with Gasteiger partial charge in [0.25, 0.3) is 0 Å². The summed E-state index contributed by atoms with van der Waals surface area (Å²) in [5.74, 6) is 0.775. The maximum atomic E-state index is 5.63. The summed E-state index contributed by atoms with van der Waals surface area (Å²) in [6.45, 7) is 11.4. The third kappa shape index (κ3) is 1.96. The van der Waals surface area contributed by atoms with Gasteiger partial charge in [0.05, 0.1) is 6.61 Å². The minimum Gasteiger partial charge on any atom is -0.381 e. The Hall–Kier alpha value is -0.0800. The largest absolute Gasteiger partial charge is 0.381 e. The minimum absolute atomic E-state index is 0.438. The zero-order valence-electron chi connectivity index (χ0n) is 9.73. The van der Waals surface area contributed by atoms with E-state index in [1.54, 1.807) is 0 Å². The van der Waals surface area contributed by atoms with Gasteiger partial charge >= 0.3 is 0 Å². The van der Waals surface area contributed by atoms with Crippen LogP contribution >= 0.6 is 0 Å². The van der Waals surface area contributed by atoms with E-state index in [9.17, 15) is 0 Å². The van der Waals surface area contributed by atoms with Gasteiger partial charge in [-0.05, 0) is 24.2 Å². The summed E-state index contributed by atoms with van der Waals surface area (Å²) in [7, 11) is 0. The molecular formula is C12H23NO. The predicted molar refractivity (Wildman–Crippen MR) is 58.3 cm³/mol. The van der Waals surface area contributed by atoms with Gasteiger partial charge in [-0.25, -0.2) is 0 Å². The average Bonchev–Trinajstić information content (AvgIpc) is 1.99. The molecular weight excluding hydrogens is 174 g/mol. The first kappa shape index (κ1) is 10.4. The molecule has 1 unspecified atom stereocenters. The summed E-state index contributed by atoms with van der Waals surface area (Å²) in [5.41, 5.74) is 1.03. The third-order valence-corrected chi connectivity index (χ3v) is 3.74. The van der Waals surface area contributed by atoms with Crippen molar-refractivity contribution in [1.29, 1.82) is 0 Å². The highest BCUT2D eigenvalue weighted by Crippen LogP contribution is 2.44. The van der Waals surface area contributed by atoms with Gasteiger partial charge in [0.1, 0.15) is 0 Å². The third-order valence-electron chi connectivity index (χ3n) is 3.74. The molecule has 14 heavy (non-hydrogen) atoms. The maximum absolute atomic E-state index is 5.63. The van der Waals surface area contributed by atoms with Crippen molar-refractivity contribution in [2.45, 2.75) is 33.6 Å². The predicted octanol–water partition coefficient (Wildman–Crippen LogP) is 2.05. The van der Waals surface area contributed by atoms with Crippen LogP contribution in [0.4, 0.5) is 0 Å². The highest BCUT2D eigenvalue weighted by atomic mass is 16.5. The van der Waals surface area contributed by atoms with Crippen LogP contribution in [0.3, 0.4) is 0 Å². The van der Waals surface area contributed by atoms with E-state index in [0.29, 0.717) is 10.8 Å². The van der Waals surface area contributed by atoms with Crippen molar-refractivity contribution in [3.8, 4) is 0 Å². The topological polar surface area (TPSA) is 21.3 Å². The molecule has 1 spiro atoms. The second-order valence-corrected chi connectivity index (χ2v) is 6.25. The van der Waals surface area contributed by atoms with E-state index < -0.39 is 0 Å². The first-order chi connectivity index (χ1) is 6.52. The number of hydrogen-bond acceptors (Lipinski definition) is 2. The Kier molecular flexibility index (Phi) is 2.61. The van der Waals surface area contributed by atoms with E-state index in [1.807, 2.05) is 0 Å². The van der Waals surface area contributed by atoms with Crippen LogP contribution in [0.1, 0.15) is 33.6 Å². The van der Waals surface area contributed by atoms with Crippen LogP contribution in [0.5, 0.6) is 0 Å². The van der Waals surface area contributed by atoms with E-state index in [2.05, 4.69) is 26.1 Å². The number of ether oxygens (including phenoxy) is 1. The fraction of sp³-hybridized carbons (Fsp3) is 1.00. The first-order valence-corrected chi connectivity index (χ1v) is 5.80. The van der Waals surface area contributed by atoms with Crippen LogP contribution < -0.4 is 5.32 Å². The van der Waals surface area contributed by atoms with Crippen molar-refractivity contribution in [1.82, 2.24) is 5.32 Å². The van der Waals surface area contributed by atoms with Crippen molar-refractivity contribution in [2.24, 2.45) is 16.7 Å². The molecule has 0 aliphatic carbocycles. The molecule has 1 atom stereocenters. The molecule has 2 saturated heterocycles. The van der Waals surface area contributed by atoms with Crippen molar-refractivity contribution in [2.75, 3.05) is 26.3 Å². The Labute approximate surface area is 87.4 Å². The summed E-state index contributed by atoms with van der Waals surface area (Å²) in [4.78, 5) is 0. The lowest BCUT2D eigenvalue weighted by molar-refractivity contribution is -0.0817. The minimum atomic E-state index is 0.438. The monoisotopic (exact) mass is 197 g/mol. The molecule has 2 aliphatic rings. The van der Waals surface area contributed by atoms with Crippen LogP contribution in [0.15, 0.2) is 0 Å². The quantitative estimate of drug-likeness (QED) is 0.694. The molecule has 0 aromatic heterocycles.